The van der Waals surface area contributed by atoms with Crippen molar-refractivity contribution in [3.63, 3.8) is 0 Å². The maximum Gasteiger partial charge on any atom is 0.337 e. The van der Waals surface area contributed by atoms with E-state index in [-0.39, 0.29) is 11.3 Å². The molecule has 0 aliphatic rings. The first-order valence-corrected chi connectivity index (χ1v) is 5.00. The van der Waals surface area contributed by atoms with Crippen molar-refractivity contribution in [2.75, 3.05) is 31.3 Å². The van der Waals surface area contributed by atoms with Crippen LogP contribution < -0.4 is 11.1 Å². The van der Waals surface area contributed by atoms with Crippen molar-refractivity contribution in [2.24, 2.45) is 0 Å². The van der Waals surface area contributed by atoms with Crippen LogP contribution in [0, 0.1) is 0 Å². The van der Waals surface area contributed by atoms with Gasteiger partial charge in [-0.2, -0.15) is 0 Å². The molecular formula is C11H16N2O3. The van der Waals surface area contributed by atoms with E-state index in [1.165, 1.54) is 6.07 Å². The van der Waals surface area contributed by atoms with Gasteiger partial charge in [0.1, 0.15) is 0 Å². The third-order valence-corrected chi connectivity index (χ3v) is 2.14. The van der Waals surface area contributed by atoms with Crippen LogP contribution in [0.2, 0.25) is 0 Å². The molecule has 0 aliphatic carbocycles. The quantitative estimate of drug-likeness (QED) is 0.502. The fraction of sp³-hybridized carbons (Fsp3) is 0.364. The minimum Gasteiger partial charge on any atom is -0.478 e. The van der Waals surface area contributed by atoms with Gasteiger partial charge in [-0.15, -0.1) is 0 Å². The van der Waals surface area contributed by atoms with Gasteiger partial charge in [0.25, 0.3) is 0 Å². The summed E-state index contributed by atoms with van der Waals surface area (Å²) < 4.78 is 4.91. The Kier molecular flexibility index (Phi) is 4.60. The molecule has 0 spiro atoms. The summed E-state index contributed by atoms with van der Waals surface area (Å²) in [5.41, 5.74) is 6.82. The monoisotopic (exact) mass is 224 g/mol. The number of nitrogens with two attached hydrogens (primary N) is 1. The molecule has 4 N–H and O–H groups in total. The van der Waals surface area contributed by atoms with Crippen LogP contribution in [0.4, 0.5) is 11.4 Å². The number of carboxylic acids is 1. The fourth-order valence-electron chi connectivity index (χ4n) is 1.32. The lowest BCUT2D eigenvalue weighted by molar-refractivity contribution is 0.0698. The standard InChI is InChI=1S/C11H16N2O3/c1-16-6-2-5-13-8-3-4-9(11(14)15)10(12)7-8/h3-4,7,13H,2,5-6,12H2,1H3,(H,14,15). The average Bonchev–Trinajstić information content (AvgIpc) is 2.24. The molecule has 1 aromatic carbocycles. The van der Waals surface area contributed by atoms with Gasteiger partial charge < -0.3 is 20.9 Å². The van der Waals surface area contributed by atoms with Crippen LogP contribution in [0.3, 0.4) is 0 Å². The van der Waals surface area contributed by atoms with Crippen molar-refractivity contribution < 1.29 is 14.6 Å². The minimum absolute atomic E-state index is 0.127. The number of anilines is 2. The zero-order valence-corrected chi connectivity index (χ0v) is 9.19. The summed E-state index contributed by atoms with van der Waals surface area (Å²) in [7, 11) is 1.65. The van der Waals surface area contributed by atoms with Crippen molar-refractivity contribution >= 4 is 17.3 Å². The second-order valence-corrected chi connectivity index (χ2v) is 3.38. The molecule has 0 fully saturated rings. The number of nitrogens with one attached hydrogen (secondary N) is 1. The number of hydrogen-bond acceptors (Lipinski definition) is 4. The summed E-state index contributed by atoms with van der Waals surface area (Å²) >= 11 is 0. The summed E-state index contributed by atoms with van der Waals surface area (Å²) in [5.74, 6) is -1.01. The molecule has 0 aliphatic heterocycles. The highest BCUT2D eigenvalue weighted by atomic mass is 16.5. The Bertz CT molecular complexity index is 366. The molecule has 0 heterocycles. The first-order valence-electron chi connectivity index (χ1n) is 5.00. The number of carboxylic acid groups (broad SMARTS) is 1. The summed E-state index contributed by atoms with van der Waals surface area (Å²) in [6.07, 6.45) is 0.886. The molecule has 5 heteroatoms. The van der Waals surface area contributed by atoms with Crippen LogP contribution in [-0.4, -0.2) is 31.3 Å². The Labute approximate surface area is 94.2 Å². The maximum absolute atomic E-state index is 10.7. The van der Waals surface area contributed by atoms with Crippen LogP contribution in [0.1, 0.15) is 16.8 Å². The number of methoxy groups -OCH3 is 1. The molecular weight excluding hydrogens is 208 g/mol. The zero-order chi connectivity index (χ0) is 12.0. The van der Waals surface area contributed by atoms with Crippen molar-refractivity contribution in [1.29, 1.82) is 0 Å². The number of rotatable bonds is 6. The molecule has 1 aromatic rings. The molecule has 0 aromatic heterocycles. The lowest BCUT2D eigenvalue weighted by Crippen LogP contribution is -2.07. The number of benzene rings is 1. The Balaban J connectivity index is 2.56. The van der Waals surface area contributed by atoms with Crippen LogP contribution in [-0.2, 0) is 4.74 Å². The molecule has 1 rings (SSSR count). The Hall–Kier alpha value is -1.75. The van der Waals surface area contributed by atoms with Gasteiger partial charge in [0.05, 0.1) is 5.56 Å². The predicted octanol–water partition coefficient (Wildman–Crippen LogP) is 1.42. The highest BCUT2D eigenvalue weighted by Gasteiger charge is 2.07. The molecule has 0 atom stereocenters. The van der Waals surface area contributed by atoms with Crippen LogP contribution in [0.5, 0.6) is 0 Å². The normalized spacial score (nSPS) is 10.1. The second-order valence-electron chi connectivity index (χ2n) is 3.38. The SMILES string of the molecule is COCCCNc1ccc(C(=O)O)c(N)c1. The van der Waals surface area contributed by atoms with Gasteiger partial charge in [0, 0.05) is 31.6 Å². The Morgan fingerprint density at radius 2 is 2.31 bits per heavy atom. The Morgan fingerprint density at radius 3 is 2.88 bits per heavy atom. The van der Waals surface area contributed by atoms with Gasteiger partial charge in [-0.3, -0.25) is 0 Å². The fourth-order valence-corrected chi connectivity index (χ4v) is 1.32. The first-order chi connectivity index (χ1) is 7.65. The van der Waals surface area contributed by atoms with Crippen molar-refractivity contribution in [3.05, 3.63) is 23.8 Å². The van der Waals surface area contributed by atoms with Gasteiger partial charge in [-0.1, -0.05) is 0 Å². The van der Waals surface area contributed by atoms with Crippen LogP contribution in [0.15, 0.2) is 18.2 Å². The summed E-state index contributed by atoms with van der Waals surface area (Å²) in [5, 5.41) is 11.9. The van der Waals surface area contributed by atoms with E-state index < -0.39 is 5.97 Å². The van der Waals surface area contributed by atoms with E-state index in [2.05, 4.69) is 5.32 Å². The van der Waals surface area contributed by atoms with Crippen molar-refractivity contribution in [2.45, 2.75) is 6.42 Å². The van der Waals surface area contributed by atoms with E-state index in [1.54, 1.807) is 19.2 Å². The van der Waals surface area contributed by atoms with E-state index in [0.717, 1.165) is 18.7 Å². The minimum atomic E-state index is -1.01. The van der Waals surface area contributed by atoms with Crippen molar-refractivity contribution in [3.8, 4) is 0 Å². The highest BCUT2D eigenvalue weighted by molar-refractivity contribution is 5.94. The average molecular weight is 224 g/mol. The van der Waals surface area contributed by atoms with E-state index in [1.807, 2.05) is 0 Å². The van der Waals surface area contributed by atoms with E-state index in [0.29, 0.717) is 6.61 Å². The molecule has 0 unspecified atom stereocenters. The summed E-state index contributed by atoms with van der Waals surface area (Å²) in [6, 6.07) is 4.82. The predicted molar refractivity (Wildman–Crippen MR) is 62.8 cm³/mol. The number of carbonyl (C=O) groups is 1. The number of nitrogen functional groups attached to an aromatic ring is 1. The molecule has 88 valence electrons. The van der Waals surface area contributed by atoms with Gasteiger partial charge >= 0.3 is 5.97 Å². The largest absolute Gasteiger partial charge is 0.478 e. The lowest BCUT2D eigenvalue weighted by Gasteiger charge is -2.08. The van der Waals surface area contributed by atoms with Crippen LogP contribution >= 0.6 is 0 Å². The van der Waals surface area contributed by atoms with Crippen molar-refractivity contribution in [1.82, 2.24) is 0 Å². The van der Waals surface area contributed by atoms with E-state index in [4.69, 9.17) is 15.6 Å². The third-order valence-electron chi connectivity index (χ3n) is 2.14. The zero-order valence-electron chi connectivity index (χ0n) is 9.19. The molecule has 0 radical (unpaired) electrons. The molecule has 0 saturated carbocycles. The number of ether oxygens (including phenoxy) is 1. The van der Waals surface area contributed by atoms with Gasteiger partial charge in [-0.25, -0.2) is 4.79 Å². The van der Waals surface area contributed by atoms with E-state index in [9.17, 15) is 4.79 Å². The topological polar surface area (TPSA) is 84.6 Å². The van der Waals surface area contributed by atoms with E-state index >= 15 is 0 Å². The van der Waals surface area contributed by atoms with Crippen LogP contribution in [0.25, 0.3) is 0 Å². The summed E-state index contributed by atoms with van der Waals surface area (Å²) in [6.45, 7) is 1.45. The number of aromatic carboxylic acids is 1. The molecule has 0 saturated heterocycles. The molecule has 0 amide bonds. The first kappa shape index (κ1) is 12.3. The number of hydrogen-bond donors (Lipinski definition) is 3. The lowest BCUT2D eigenvalue weighted by atomic mass is 10.1. The van der Waals surface area contributed by atoms with Gasteiger partial charge in [0.15, 0.2) is 0 Å². The molecule has 0 bridgehead atoms. The van der Waals surface area contributed by atoms with Gasteiger partial charge in [-0.05, 0) is 24.6 Å². The third kappa shape index (κ3) is 3.43. The Morgan fingerprint density at radius 1 is 1.56 bits per heavy atom. The smallest absolute Gasteiger partial charge is 0.337 e. The van der Waals surface area contributed by atoms with Gasteiger partial charge in [0.2, 0.25) is 0 Å². The molecule has 5 nitrogen and oxygen atoms in total. The highest BCUT2D eigenvalue weighted by Crippen LogP contribution is 2.17. The molecule has 16 heavy (non-hydrogen) atoms. The maximum atomic E-state index is 10.7. The summed E-state index contributed by atoms with van der Waals surface area (Å²) in [4.78, 5) is 10.7. The second kappa shape index (κ2) is 5.97.